The predicted octanol–water partition coefficient (Wildman–Crippen LogP) is 6.13. The van der Waals surface area contributed by atoms with Crippen LogP contribution in [0.15, 0.2) is 100 Å². The van der Waals surface area contributed by atoms with Crippen molar-refractivity contribution in [2.75, 3.05) is 0 Å². The summed E-state index contributed by atoms with van der Waals surface area (Å²) in [5.74, 6) is 1.79. The third kappa shape index (κ3) is 5.25. The summed E-state index contributed by atoms with van der Waals surface area (Å²) in [5, 5.41) is 0. The van der Waals surface area contributed by atoms with E-state index in [0.717, 1.165) is 0 Å². The summed E-state index contributed by atoms with van der Waals surface area (Å²) in [7, 11) is 0. The monoisotopic (exact) mass is 604 g/mol. The molecule has 0 aliphatic heterocycles. The number of hydrogen-bond donors (Lipinski definition) is 0. The van der Waals surface area contributed by atoms with Gasteiger partial charge in [-0.25, -0.2) is 0 Å². The molecule has 3 rings (SSSR count). The standard InChI is InChI=1S/C11H22B.3C6H5.Pb/c1-8(2)11(7)12(9(3)4)10(5)6;3*1-2-4-6-5-3-1;/h7-10H,1-6H3;3*1-5H;. The topological polar surface area (TPSA) is 0 Å². The molecule has 2 heteroatoms. The number of allylic oxidation sites excluding steroid dienone is 1. The molecule has 0 aliphatic carbocycles. The maximum absolute atomic E-state index is 3.59. The van der Waals surface area contributed by atoms with Crippen molar-refractivity contribution in [3.05, 3.63) is 100 Å². The Labute approximate surface area is 195 Å². The van der Waals surface area contributed by atoms with E-state index < -0.39 is 21.2 Å². The number of benzene rings is 3. The Morgan fingerprint density at radius 2 is 0.903 bits per heavy atom. The molecule has 31 heavy (non-hydrogen) atoms. The molecule has 0 aliphatic rings. The van der Waals surface area contributed by atoms with Crippen molar-refractivity contribution in [3.8, 4) is 0 Å². The Morgan fingerprint density at radius 1 is 0.581 bits per heavy atom. The van der Waals surface area contributed by atoms with Gasteiger partial charge < -0.3 is 0 Å². The molecule has 0 spiro atoms. The first-order chi connectivity index (χ1) is 14.9. The van der Waals surface area contributed by atoms with Gasteiger partial charge in [-0.3, -0.25) is 0 Å². The molecule has 0 atom stereocenters. The van der Waals surface area contributed by atoms with E-state index >= 15 is 0 Å². The molecule has 0 aromatic heterocycles. The van der Waals surface area contributed by atoms with Gasteiger partial charge >= 0.3 is 196 Å². The molecule has 0 nitrogen and oxygen atoms in total. The summed E-state index contributed by atoms with van der Waals surface area (Å²) in [6, 6.07) is 34.1. The first-order valence-corrected chi connectivity index (χ1v) is 19.8. The van der Waals surface area contributed by atoms with E-state index in [-0.39, 0.29) is 0 Å². The van der Waals surface area contributed by atoms with Crippen LogP contribution in [0.2, 0.25) is 11.6 Å². The SMILES string of the molecule is CC(C)B(/C(=[CH]\[Pb]([c]1ccccc1)([c]1ccccc1)[c]1ccccc1)C(C)C)C(C)C. The van der Waals surface area contributed by atoms with Gasteiger partial charge in [0, 0.05) is 0 Å². The molecule has 0 N–H and O–H groups in total. The van der Waals surface area contributed by atoms with E-state index in [0.29, 0.717) is 24.3 Å². The normalized spacial score (nSPS) is 12.6. The first-order valence-electron chi connectivity index (χ1n) is 11.8. The van der Waals surface area contributed by atoms with E-state index in [9.17, 15) is 0 Å². The molecule has 0 heterocycles. The van der Waals surface area contributed by atoms with Crippen LogP contribution in [-0.4, -0.2) is 27.9 Å². The fourth-order valence-corrected chi connectivity index (χ4v) is 23.5. The molecule has 0 unspecified atom stereocenters. The third-order valence-corrected chi connectivity index (χ3v) is 24.0. The van der Waals surface area contributed by atoms with Gasteiger partial charge in [0.2, 0.25) is 0 Å². The van der Waals surface area contributed by atoms with Crippen LogP contribution in [0.1, 0.15) is 41.5 Å². The molecule has 0 radical (unpaired) electrons. The van der Waals surface area contributed by atoms with E-state index in [1.54, 1.807) is 5.47 Å². The van der Waals surface area contributed by atoms with Crippen LogP contribution in [-0.2, 0) is 0 Å². The van der Waals surface area contributed by atoms with Crippen LogP contribution < -0.4 is 9.37 Å². The molecule has 160 valence electrons. The van der Waals surface area contributed by atoms with Gasteiger partial charge in [0.25, 0.3) is 0 Å². The predicted molar refractivity (Wildman–Crippen MR) is 143 cm³/mol. The van der Waals surface area contributed by atoms with Crippen molar-refractivity contribution in [2.24, 2.45) is 5.92 Å². The minimum atomic E-state index is -3.59. The molecule has 0 amide bonds. The second kappa shape index (κ2) is 10.8. The van der Waals surface area contributed by atoms with E-state index in [1.165, 1.54) is 9.37 Å². The molecular weight excluding hydrogens is 566 g/mol. The average molecular weight is 604 g/mol. The Bertz CT molecular complexity index is 855. The maximum atomic E-state index is 2.84. The molecule has 0 fully saturated rings. The summed E-state index contributed by atoms with van der Waals surface area (Å²) in [6.07, 6.45) is 0. The van der Waals surface area contributed by atoms with E-state index in [1.807, 2.05) is 0 Å². The molecule has 0 saturated heterocycles. The van der Waals surface area contributed by atoms with Crippen molar-refractivity contribution >= 4 is 37.3 Å². The third-order valence-electron chi connectivity index (χ3n) is 6.56. The van der Waals surface area contributed by atoms with Gasteiger partial charge in [0.05, 0.1) is 0 Å². The van der Waals surface area contributed by atoms with Crippen LogP contribution in [0, 0.1) is 5.92 Å². The number of hydrogen-bond acceptors (Lipinski definition) is 0. The molecule has 3 aromatic carbocycles. The summed E-state index contributed by atoms with van der Waals surface area (Å²) in [4.78, 5) is 0. The van der Waals surface area contributed by atoms with E-state index in [4.69, 9.17) is 0 Å². The van der Waals surface area contributed by atoms with Crippen LogP contribution in [0.4, 0.5) is 0 Å². The summed E-state index contributed by atoms with van der Waals surface area (Å²) in [6.45, 7) is 15.0. The van der Waals surface area contributed by atoms with Crippen LogP contribution >= 0.6 is 0 Å². The molecular formula is C29H37BPb. The minimum absolute atomic E-state index is 0.533. The average Bonchev–Trinajstić information content (AvgIpc) is 2.77. The zero-order valence-electron chi connectivity index (χ0n) is 20.0. The van der Waals surface area contributed by atoms with E-state index in [2.05, 4.69) is 136 Å². The van der Waals surface area contributed by atoms with Gasteiger partial charge in [0.15, 0.2) is 0 Å². The van der Waals surface area contributed by atoms with Gasteiger partial charge in [-0.15, -0.1) is 0 Å². The first kappa shape index (κ1) is 24.0. The Kier molecular flexibility index (Phi) is 8.38. The zero-order chi connectivity index (χ0) is 22.4. The van der Waals surface area contributed by atoms with Crippen LogP contribution in [0.5, 0.6) is 0 Å². The zero-order valence-corrected chi connectivity index (χ0v) is 23.9. The molecule has 0 saturated carbocycles. The summed E-state index contributed by atoms with van der Waals surface area (Å²) in [5.41, 5.74) is 1.66. The van der Waals surface area contributed by atoms with Gasteiger partial charge in [-0.1, -0.05) is 0 Å². The molecule has 3 aromatic rings. The van der Waals surface area contributed by atoms with Crippen molar-refractivity contribution in [1.29, 1.82) is 0 Å². The summed E-state index contributed by atoms with van der Waals surface area (Å²) >= 11 is -3.59. The fraction of sp³-hybridized carbons (Fsp3) is 0.310. The van der Waals surface area contributed by atoms with Crippen LogP contribution in [0.25, 0.3) is 0 Å². The number of rotatable bonds is 8. The quantitative estimate of drug-likeness (QED) is 0.272. The second-order valence-corrected chi connectivity index (χ2v) is 23.9. The Hall–Kier alpha value is -1.61. The fourth-order valence-electron chi connectivity index (χ4n) is 5.29. The molecule has 0 bridgehead atoms. The van der Waals surface area contributed by atoms with Gasteiger partial charge in [-0.05, 0) is 0 Å². The Morgan fingerprint density at radius 3 is 1.16 bits per heavy atom. The van der Waals surface area contributed by atoms with Crippen LogP contribution in [0.3, 0.4) is 0 Å². The summed E-state index contributed by atoms with van der Waals surface area (Å²) < 4.78 is 7.45. The van der Waals surface area contributed by atoms with Gasteiger partial charge in [-0.2, -0.15) is 0 Å². The van der Waals surface area contributed by atoms with Crippen molar-refractivity contribution in [1.82, 2.24) is 0 Å². The Balaban J connectivity index is 2.43. The van der Waals surface area contributed by atoms with Crippen molar-refractivity contribution < 1.29 is 0 Å². The van der Waals surface area contributed by atoms with Crippen molar-refractivity contribution in [3.63, 3.8) is 0 Å². The van der Waals surface area contributed by atoms with Gasteiger partial charge in [0.1, 0.15) is 0 Å². The second-order valence-electron chi connectivity index (χ2n) is 9.72. The van der Waals surface area contributed by atoms with Crippen molar-refractivity contribution in [2.45, 2.75) is 53.2 Å².